The molecule has 0 bridgehead atoms. The average molecular weight is 591 g/mol. The van der Waals surface area contributed by atoms with E-state index in [-0.39, 0.29) is 6.10 Å². The van der Waals surface area contributed by atoms with Crippen molar-refractivity contribution in [2.45, 2.75) is 63.3 Å². The van der Waals surface area contributed by atoms with Crippen molar-refractivity contribution in [2.24, 2.45) is 0 Å². The lowest BCUT2D eigenvalue weighted by Crippen LogP contribution is -2.37. The molecule has 4 aromatic carbocycles. The minimum absolute atomic E-state index is 0.237. The first kappa shape index (κ1) is 33.0. The number of rotatable bonds is 20. The molecule has 0 saturated heterocycles. The van der Waals surface area contributed by atoms with Crippen LogP contribution in [0.4, 0.5) is 0 Å². The topological polar surface area (TPSA) is 36.9 Å². The highest BCUT2D eigenvalue weighted by Gasteiger charge is 2.38. The summed E-state index contributed by atoms with van der Waals surface area (Å²) in [4.78, 5) is 0. The van der Waals surface area contributed by atoms with E-state index < -0.39 is 5.60 Å². The molecule has 230 valence electrons. The Kier molecular flexibility index (Phi) is 14.0. The zero-order valence-electron chi connectivity index (χ0n) is 26.0. The number of hydrogen-bond acceptors (Lipinski definition) is 4. The second-order valence-corrected chi connectivity index (χ2v) is 11.0. The van der Waals surface area contributed by atoms with E-state index in [2.05, 4.69) is 78.7 Å². The Hall–Kier alpha value is -3.88. The van der Waals surface area contributed by atoms with E-state index in [1.807, 2.05) is 42.5 Å². The first-order valence-corrected chi connectivity index (χ1v) is 15.8. The van der Waals surface area contributed by atoms with Crippen LogP contribution in [0.3, 0.4) is 0 Å². The van der Waals surface area contributed by atoms with E-state index in [0.29, 0.717) is 26.4 Å². The van der Waals surface area contributed by atoms with Gasteiger partial charge in [-0.05, 0) is 47.2 Å². The SMILES string of the molecule is C#CCCCCCCCCO[C@@H](COCc1ccc(OC)cc1)COC(c1ccccc1)(c1ccccc1)c1ccccc1. The van der Waals surface area contributed by atoms with Crippen LogP contribution in [0.2, 0.25) is 0 Å². The van der Waals surface area contributed by atoms with E-state index in [1.54, 1.807) is 7.11 Å². The summed E-state index contributed by atoms with van der Waals surface area (Å²) < 4.78 is 25.1. The molecule has 0 unspecified atom stereocenters. The molecule has 4 nitrogen and oxygen atoms in total. The van der Waals surface area contributed by atoms with Crippen molar-refractivity contribution < 1.29 is 18.9 Å². The molecule has 1 atom stereocenters. The molecule has 0 heterocycles. The van der Waals surface area contributed by atoms with E-state index in [1.165, 1.54) is 19.3 Å². The van der Waals surface area contributed by atoms with Crippen LogP contribution in [0.25, 0.3) is 0 Å². The minimum Gasteiger partial charge on any atom is -0.497 e. The second-order valence-electron chi connectivity index (χ2n) is 11.0. The minimum atomic E-state index is -0.806. The maximum Gasteiger partial charge on any atom is 0.143 e. The van der Waals surface area contributed by atoms with Gasteiger partial charge in [0.1, 0.15) is 17.5 Å². The number of hydrogen-bond donors (Lipinski definition) is 0. The number of benzene rings is 4. The summed E-state index contributed by atoms with van der Waals surface area (Å²) in [7, 11) is 1.67. The molecule has 44 heavy (non-hydrogen) atoms. The van der Waals surface area contributed by atoms with Crippen LogP contribution in [0.15, 0.2) is 115 Å². The molecule has 4 rings (SSSR count). The van der Waals surface area contributed by atoms with E-state index in [0.717, 1.165) is 53.7 Å². The summed E-state index contributed by atoms with van der Waals surface area (Å²) in [6.07, 6.45) is 12.9. The Bertz CT molecular complexity index is 1250. The lowest BCUT2D eigenvalue weighted by atomic mass is 9.80. The zero-order chi connectivity index (χ0) is 30.7. The monoisotopic (exact) mass is 590 g/mol. The quantitative estimate of drug-likeness (QED) is 0.0585. The second kappa shape index (κ2) is 18.7. The fourth-order valence-electron chi connectivity index (χ4n) is 5.45. The van der Waals surface area contributed by atoms with Gasteiger partial charge in [-0.3, -0.25) is 0 Å². The average Bonchev–Trinajstić information content (AvgIpc) is 3.09. The van der Waals surface area contributed by atoms with Gasteiger partial charge in [-0.25, -0.2) is 0 Å². The third-order valence-electron chi connectivity index (χ3n) is 7.83. The smallest absolute Gasteiger partial charge is 0.143 e. The van der Waals surface area contributed by atoms with Gasteiger partial charge in [0, 0.05) is 13.0 Å². The van der Waals surface area contributed by atoms with Crippen LogP contribution < -0.4 is 4.74 Å². The number of methoxy groups -OCH3 is 1. The van der Waals surface area contributed by atoms with Crippen LogP contribution in [0, 0.1) is 12.3 Å². The predicted octanol–water partition coefficient (Wildman–Crippen LogP) is 8.97. The maximum absolute atomic E-state index is 7.08. The van der Waals surface area contributed by atoms with Crippen molar-refractivity contribution in [3.05, 3.63) is 138 Å². The van der Waals surface area contributed by atoms with E-state index in [4.69, 9.17) is 25.4 Å². The van der Waals surface area contributed by atoms with Gasteiger partial charge in [0.2, 0.25) is 0 Å². The number of ether oxygens (including phenoxy) is 4. The molecule has 0 N–H and O–H groups in total. The molecular formula is C40H46O4. The first-order chi connectivity index (χ1) is 21.8. The summed E-state index contributed by atoms with van der Waals surface area (Å²) in [5.41, 5.74) is 3.49. The van der Waals surface area contributed by atoms with Gasteiger partial charge in [0.05, 0.1) is 26.9 Å². The molecule has 0 fully saturated rings. The lowest BCUT2D eigenvalue weighted by Gasteiger charge is -2.37. The first-order valence-electron chi connectivity index (χ1n) is 15.8. The fraction of sp³-hybridized carbons (Fsp3) is 0.350. The Balaban J connectivity index is 1.49. The van der Waals surface area contributed by atoms with Gasteiger partial charge in [-0.1, -0.05) is 129 Å². The molecule has 0 saturated carbocycles. The van der Waals surface area contributed by atoms with Gasteiger partial charge in [-0.2, -0.15) is 0 Å². The highest BCUT2D eigenvalue weighted by atomic mass is 16.6. The van der Waals surface area contributed by atoms with Crippen molar-refractivity contribution in [3.8, 4) is 18.1 Å². The Labute approximate surface area is 264 Å². The molecule has 4 heteroatoms. The van der Waals surface area contributed by atoms with E-state index in [9.17, 15) is 0 Å². The normalized spacial score (nSPS) is 12.0. The maximum atomic E-state index is 7.08. The summed E-state index contributed by atoms with van der Waals surface area (Å²) in [6, 6.07) is 39.3. The third kappa shape index (κ3) is 9.82. The van der Waals surface area contributed by atoms with Gasteiger partial charge in [-0.15, -0.1) is 12.3 Å². The van der Waals surface area contributed by atoms with Crippen LogP contribution in [0.5, 0.6) is 5.75 Å². The summed E-state index contributed by atoms with van der Waals surface area (Å²) in [6.45, 7) is 1.95. The fourth-order valence-corrected chi connectivity index (χ4v) is 5.45. The predicted molar refractivity (Wildman–Crippen MR) is 179 cm³/mol. The summed E-state index contributed by atoms with van der Waals surface area (Å²) >= 11 is 0. The van der Waals surface area contributed by atoms with Crippen LogP contribution in [-0.4, -0.2) is 33.0 Å². The van der Waals surface area contributed by atoms with Crippen LogP contribution in [-0.2, 0) is 26.4 Å². The summed E-state index contributed by atoms with van der Waals surface area (Å²) in [5, 5.41) is 0. The van der Waals surface area contributed by atoms with Crippen LogP contribution in [0.1, 0.15) is 67.2 Å². The lowest BCUT2D eigenvalue weighted by molar-refractivity contribution is -0.0942. The Morgan fingerprint density at radius 3 is 1.68 bits per heavy atom. The van der Waals surface area contributed by atoms with Gasteiger partial charge < -0.3 is 18.9 Å². The Morgan fingerprint density at radius 2 is 1.16 bits per heavy atom. The van der Waals surface area contributed by atoms with Crippen LogP contribution >= 0.6 is 0 Å². The molecule has 0 aliphatic rings. The molecular weight excluding hydrogens is 544 g/mol. The number of terminal acetylenes is 1. The molecule has 0 amide bonds. The molecule has 0 aliphatic heterocycles. The van der Waals surface area contributed by atoms with Crippen molar-refractivity contribution in [1.82, 2.24) is 0 Å². The standard InChI is InChI=1S/C40H46O4/c1-3-4-5-6-7-8-9-19-30-43-39(32-42-31-34-26-28-38(41-2)29-27-34)33-44-40(35-20-13-10-14-21-35,36-22-15-11-16-23-36)37-24-17-12-18-25-37/h1,10-18,20-29,39H,4-9,19,30-33H2,2H3/t39-/m0/s1. The van der Waals surface area contributed by atoms with Crippen molar-refractivity contribution >= 4 is 0 Å². The van der Waals surface area contributed by atoms with Crippen molar-refractivity contribution in [2.75, 3.05) is 26.9 Å². The van der Waals surface area contributed by atoms with Crippen molar-refractivity contribution in [3.63, 3.8) is 0 Å². The van der Waals surface area contributed by atoms with Gasteiger partial charge >= 0.3 is 0 Å². The molecule has 0 aromatic heterocycles. The van der Waals surface area contributed by atoms with Gasteiger partial charge in [0.15, 0.2) is 0 Å². The molecule has 0 radical (unpaired) electrons. The molecule has 4 aromatic rings. The highest BCUT2D eigenvalue weighted by Crippen LogP contribution is 2.40. The molecule has 0 aliphatic carbocycles. The largest absolute Gasteiger partial charge is 0.497 e. The summed E-state index contributed by atoms with van der Waals surface area (Å²) in [5.74, 6) is 3.56. The third-order valence-corrected chi connectivity index (χ3v) is 7.83. The molecule has 0 spiro atoms. The highest BCUT2D eigenvalue weighted by molar-refractivity contribution is 5.47. The zero-order valence-corrected chi connectivity index (χ0v) is 26.0. The van der Waals surface area contributed by atoms with E-state index >= 15 is 0 Å². The number of unbranched alkanes of at least 4 members (excludes halogenated alkanes) is 6. The van der Waals surface area contributed by atoms with Gasteiger partial charge in [0.25, 0.3) is 0 Å². The Morgan fingerprint density at radius 1 is 0.636 bits per heavy atom. The van der Waals surface area contributed by atoms with Crippen molar-refractivity contribution in [1.29, 1.82) is 0 Å².